The molecule has 54 heavy (non-hydrogen) atoms. The zero-order chi connectivity index (χ0) is 40.1. The van der Waals surface area contributed by atoms with E-state index < -0.39 is 46.9 Å². The molecule has 0 aliphatic rings. The SMILES string of the molecule is C.CCCc1cc2c(C(F)(F)F)noc2c(CCC)c1OC(C)(C)C(=O)O.CCCc1cc2c(C(F)(F)F)noc2c(CCC)c1OC(C)(C)C(=O)OC. The van der Waals surface area contributed by atoms with E-state index in [4.69, 9.17) is 23.3 Å². The van der Waals surface area contributed by atoms with Crippen LogP contribution in [0.2, 0.25) is 0 Å². The number of ether oxygens (including phenoxy) is 3. The number of halogens is 6. The summed E-state index contributed by atoms with van der Waals surface area (Å²) in [5.74, 6) is -1.11. The quantitative estimate of drug-likeness (QED) is 0.0974. The maximum atomic E-state index is 13.3. The third kappa shape index (κ3) is 9.97. The number of fused-ring (bicyclic) bond motifs is 2. The summed E-state index contributed by atoms with van der Waals surface area (Å²) < 4.78 is 106. The van der Waals surface area contributed by atoms with Crippen LogP contribution in [-0.4, -0.2) is 45.7 Å². The van der Waals surface area contributed by atoms with E-state index in [-0.39, 0.29) is 35.1 Å². The molecule has 0 aliphatic carbocycles. The highest BCUT2D eigenvalue weighted by molar-refractivity contribution is 5.88. The number of alkyl halides is 6. The Hall–Kier alpha value is -4.50. The summed E-state index contributed by atoms with van der Waals surface area (Å²) in [6.07, 6.45) is -4.89. The van der Waals surface area contributed by atoms with E-state index in [9.17, 15) is 41.0 Å². The lowest BCUT2D eigenvalue weighted by Gasteiger charge is -2.27. The van der Waals surface area contributed by atoms with Crippen molar-refractivity contribution >= 4 is 33.9 Å². The molecular formula is C38H50F6N2O8. The van der Waals surface area contributed by atoms with Gasteiger partial charge in [-0.3, -0.25) is 0 Å². The lowest BCUT2D eigenvalue weighted by Crippen LogP contribution is -2.39. The molecule has 0 amide bonds. The number of rotatable bonds is 14. The number of carboxylic acid groups (broad SMARTS) is 1. The Morgan fingerprint density at radius 3 is 1.31 bits per heavy atom. The first-order chi connectivity index (χ1) is 24.6. The molecule has 302 valence electrons. The number of methoxy groups -OCH3 is 1. The van der Waals surface area contributed by atoms with Crippen molar-refractivity contribution in [3.8, 4) is 11.5 Å². The first kappa shape index (κ1) is 45.7. The van der Waals surface area contributed by atoms with Gasteiger partial charge in [-0.1, -0.05) is 71.1 Å². The number of carboxylic acids is 1. The van der Waals surface area contributed by atoms with Gasteiger partial charge >= 0.3 is 24.3 Å². The zero-order valence-electron chi connectivity index (χ0n) is 31.3. The van der Waals surface area contributed by atoms with Crippen LogP contribution in [0.25, 0.3) is 21.9 Å². The maximum Gasteiger partial charge on any atom is 0.437 e. The summed E-state index contributed by atoms with van der Waals surface area (Å²) in [5, 5.41) is 15.6. The molecule has 0 atom stereocenters. The van der Waals surface area contributed by atoms with Gasteiger partial charge in [-0.25, -0.2) is 9.59 Å². The predicted octanol–water partition coefficient (Wildman–Crippen LogP) is 10.7. The molecule has 4 aromatic rings. The average Bonchev–Trinajstić information content (AvgIpc) is 3.69. The Morgan fingerprint density at radius 2 is 1.02 bits per heavy atom. The van der Waals surface area contributed by atoms with Crippen molar-refractivity contribution in [3.63, 3.8) is 0 Å². The molecule has 0 saturated carbocycles. The van der Waals surface area contributed by atoms with Gasteiger partial charge in [-0.05, 0) is 76.6 Å². The molecule has 16 heteroatoms. The summed E-state index contributed by atoms with van der Waals surface area (Å²) in [6, 6.07) is 2.75. The van der Waals surface area contributed by atoms with Crippen molar-refractivity contribution in [2.45, 2.75) is 138 Å². The van der Waals surface area contributed by atoms with Crippen molar-refractivity contribution in [2.24, 2.45) is 0 Å². The fraction of sp³-hybridized carbons (Fsp3) is 0.579. The number of benzene rings is 2. The number of carbonyl (C=O) groups excluding carboxylic acids is 1. The second-order valence-electron chi connectivity index (χ2n) is 13.5. The monoisotopic (exact) mass is 776 g/mol. The number of nitrogens with zero attached hydrogens (tertiary/aromatic N) is 2. The van der Waals surface area contributed by atoms with Gasteiger partial charge in [0.2, 0.25) is 0 Å². The minimum absolute atomic E-state index is 0. The molecule has 10 nitrogen and oxygen atoms in total. The van der Waals surface area contributed by atoms with Gasteiger partial charge in [0.1, 0.15) is 11.5 Å². The number of aromatic nitrogens is 2. The molecule has 2 aromatic heterocycles. The summed E-state index contributed by atoms with van der Waals surface area (Å²) in [7, 11) is 1.25. The second kappa shape index (κ2) is 17.8. The molecule has 0 spiro atoms. The molecule has 4 rings (SSSR count). The third-order valence-electron chi connectivity index (χ3n) is 8.25. The molecule has 0 aliphatic heterocycles. The van der Waals surface area contributed by atoms with Crippen LogP contribution in [0.15, 0.2) is 21.2 Å². The van der Waals surface area contributed by atoms with E-state index in [0.29, 0.717) is 79.4 Å². The van der Waals surface area contributed by atoms with Gasteiger partial charge in [0.15, 0.2) is 33.8 Å². The second-order valence-corrected chi connectivity index (χ2v) is 13.5. The zero-order valence-corrected chi connectivity index (χ0v) is 31.3. The minimum Gasteiger partial charge on any atom is -0.478 e. The summed E-state index contributed by atoms with van der Waals surface area (Å²) in [5.41, 5.74) is -2.92. The van der Waals surface area contributed by atoms with Crippen LogP contribution >= 0.6 is 0 Å². The summed E-state index contributed by atoms with van der Waals surface area (Å²) >= 11 is 0. The first-order valence-corrected chi connectivity index (χ1v) is 17.3. The number of hydrogen-bond acceptors (Lipinski definition) is 9. The molecule has 2 heterocycles. The Bertz CT molecular complexity index is 1910. The Labute approximate surface area is 310 Å². The van der Waals surface area contributed by atoms with E-state index in [0.717, 1.165) is 0 Å². The fourth-order valence-electron chi connectivity index (χ4n) is 5.74. The fourth-order valence-corrected chi connectivity index (χ4v) is 5.74. The highest BCUT2D eigenvalue weighted by Gasteiger charge is 2.41. The van der Waals surface area contributed by atoms with Gasteiger partial charge in [0, 0.05) is 11.1 Å². The molecule has 0 fully saturated rings. The van der Waals surface area contributed by atoms with Crippen molar-refractivity contribution in [1.82, 2.24) is 10.3 Å². The highest BCUT2D eigenvalue weighted by atomic mass is 19.4. The number of hydrogen-bond donors (Lipinski definition) is 1. The number of aliphatic carboxylic acids is 1. The van der Waals surface area contributed by atoms with E-state index in [1.54, 1.807) is 13.8 Å². The van der Waals surface area contributed by atoms with Gasteiger partial charge in [0.05, 0.1) is 17.9 Å². The highest BCUT2D eigenvalue weighted by Crippen LogP contribution is 2.43. The van der Waals surface area contributed by atoms with E-state index >= 15 is 0 Å². The summed E-state index contributed by atoms with van der Waals surface area (Å²) in [6.45, 7) is 13.5. The average molecular weight is 777 g/mol. The van der Waals surface area contributed by atoms with Gasteiger partial charge < -0.3 is 28.4 Å². The van der Waals surface area contributed by atoms with Crippen LogP contribution in [0.1, 0.15) is 122 Å². The third-order valence-corrected chi connectivity index (χ3v) is 8.25. The van der Waals surface area contributed by atoms with E-state index in [1.807, 2.05) is 27.7 Å². The van der Waals surface area contributed by atoms with E-state index in [2.05, 4.69) is 10.3 Å². The Morgan fingerprint density at radius 1 is 0.667 bits per heavy atom. The topological polar surface area (TPSA) is 134 Å². The van der Waals surface area contributed by atoms with Crippen LogP contribution in [0.4, 0.5) is 26.3 Å². The lowest BCUT2D eigenvalue weighted by atomic mass is 9.97. The summed E-state index contributed by atoms with van der Waals surface area (Å²) in [4.78, 5) is 23.5. The van der Waals surface area contributed by atoms with Crippen LogP contribution < -0.4 is 9.47 Å². The Kier molecular flexibility index (Phi) is 15.0. The molecule has 1 N–H and O–H groups in total. The number of esters is 1. The van der Waals surface area contributed by atoms with Crippen molar-refractivity contribution in [1.29, 1.82) is 0 Å². The predicted molar refractivity (Wildman–Crippen MR) is 190 cm³/mol. The van der Waals surface area contributed by atoms with Crippen molar-refractivity contribution < 1.29 is 64.3 Å². The molecular weight excluding hydrogens is 726 g/mol. The van der Waals surface area contributed by atoms with Crippen LogP contribution in [0.3, 0.4) is 0 Å². The largest absolute Gasteiger partial charge is 0.478 e. The molecule has 0 saturated heterocycles. The Balaban J connectivity index is 0.000000367. The first-order valence-electron chi connectivity index (χ1n) is 17.3. The molecule has 0 unspecified atom stereocenters. The normalized spacial score (nSPS) is 12.3. The molecule has 0 bridgehead atoms. The van der Waals surface area contributed by atoms with Crippen molar-refractivity contribution in [2.75, 3.05) is 7.11 Å². The van der Waals surface area contributed by atoms with Gasteiger partial charge in [-0.15, -0.1) is 0 Å². The van der Waals surface area contributed by atoms with Crippen molar-refractivity contribution in [3.05, 3.63) is 45.8 Å². The lowest BCUT2D eigenvalue weighted by molar-refractivity contribution is -0.156. The standard InChI is InChI=1S/C19H24F3NO4.C18H22F3NO4.CH4/c1-6-8-11-10-13-15(27-23-16(13)19(20,21)22)12(9-7-2)14(11)26-18(3,4)17(24)25-5;1-5-7-10-9-12-14(26-22-15(12)18(19,20)21)11(8-6-2)13(10)25-17(3,4)16(23)24;/h10H,6-9H2,1-5H3;9H,5-8H2,1-4H3,(H,23,24);1H4. The van der Waals surface area contributed by atoms with Gasteiger partial charge in [0.25, 0.3) is 0 Å². The van der Waals surface area contributed by atoms with Crippen LogP contribution in [0, 0.1) is 0 Å². The minimum atomic E-state index is -4.64. The number of carbonyl (C=O) groups is 2. The van der Waals surface area contributed by atoms with Crippen LogP contribution in [0.5, 0.6) is 11.5 Å². The van der Waals surface area contributed by atoms with E-state index in [1.165, 1.54) is 33.1 Å². The van der Waals surface area contributed by atoms with Crippen LogP contribution in [-0.2, 0) is 52.4 Å². The molecule has 0 radical (unpaired) electrons. The smallest absolute Gasteiger partial charge is 0.437 e. The number of aryl methyl sites for hydroxylation is 4. The maximum absolute atomic E-state index is 13.3. The van der Waals surface area contributed by atoms with Gasteiger partial charge in [-0.2, -0.15) is 26.3 Å². The molecule has 2 aromatic carbocycles.